The minimum absolute atomic E-state index is 0.106. The van der Waals surface area contributed by atoms with Crippen LogP contribution in [0.1, 0.15) is 19.8 Å². The molecule has 2 aliphatic heterocycles. The van der Waals surface area contributed by atoms with E-state index < -0.39 is 23.8 Å². The van der Waals surface area contributed by atoms with Crippen LogP contribution in [0.25, 0.3) is 0 Å². The molecule has 0 unspecified atom stereocenters. The molecule has 0 amide bonds. The van der Waals surface area contributed by atoms with Gasteiger partial charge in [-0.15, -0.1) is 0 Å². The Balaban J connectivity index is 1.97. The van der Waals surface area contributed by atoms with E-state index in [0.717, 1.165) is 11.7 Å². The Hall–Kier alpha value is -0.470. The third-order valence-electron chi connectivity index (χ3n) is 3.36. The highest BCUT2D eigenvalue weighted by Gasteiger charge is 2.48. The van der Waals surface area contributed by atoms with Gasteiger partial charge in [0.15, 0.2) is 11.3 Å². The lowest BCUT2D eigenvalue weighted by atomic mass is 10.0. The Morgan fingerprint density at radius 2 is 2.21 bits per heavy atom. The maximum absolute atomic E-state index is 12.5. The third kappa shape index (κ3) is 3.17. The van der Waals surface area contributed by atoms with Crippen LogP contribution in [0, 0.1) is 0 Å². The minimum atomic E-state index is -4.63. The number of amidine groups is 1. The summed E-state index contributed by atoms with van der Waals surface area (Å²) < 4.78 is 42.8. The van der Waals surface area contributed by atoms with Crippen LogP contribution >= 0.6 is 11.8 Å². The number of aliphatic imine (C=N–C) groups is 1. The highest BCUT2D eigenvalue weighted by Crippen LogP contribution is 2.39. The highest BCUT2D eigenvalue weighted by atomic mass is 32.2. The van der Waals surface area contributed by atoms with Crippen molar-refractivity contribution in [1.82, 2.24) is 4.90 Å². The van der Waals surface area contributed by atoms with Crippen molar-refractivity contribution in [2.45, 2.75) is 49.6 Å². The molecule has 0 radical (unpaired) electrons. The first-order valence-electron chi connectivity index (χ1n) is 6.18. The third-order valence-corrected chi connectivity index (χ3v) is 4.64. The lowest BCUT2D eigenvalue weighted by Crippen LogP contribution is -2.46. The van der Waals surface area contributed by atoms with Gasteiger partial charge in [-0.3, -0.25) is 4.99 Å². The van der Waals surface area contributed by atoms with Crippen molar-refractivity contribution < 1.29 is 23.0 Å². The molecule has 0 saturated carbocycles. The van der Waals surface area contributed by atoms with Gasteiger partial charge in [-0.1, -0.05) is 11.8 Å². The van der Waals surface area contributed by atoms with Crippen LogP contribution in [0.4, 0.5) is 13.2 Å². The van der Waals surface area contributed by atoms with Gasteiger partial charge in [-0.05, 0) is 19.8 Å². The predicted octanol–water partition coefficient (Wildman–Crippen LogP) is 1.84. The average molecular weight is 298 g/mol. The fourth-order valence-electron chi connectivity index (χ4n) is 2.08. The predicted molar refractivity (Wildman–Crippen MR) is 67.1 cm³/mol. The number of aliphatic hydroxyl groups excluding tert-OH is 1. The maximum atomic E-state index is 12.5. The quantitative estimate of drug-likeness (QED) is 0.845. The van der Waals surface area contributed by atoms with Crippen LogP contribution in [0.2, 0.25) is 0 Å². The molecule has 0 aromatic rings. The van der Waals surface area contributed by atoms with Crippen molar-refractivity contribution in [1.29, 1.82) is 0 Å². The van der Waals surface area contributed by atoms with Gasteiger partial charge >= 0.3 is 6.18 Å². The average Bonchev–Trinajstić information content (AvgIpc) is 2.78. The lowest BCUT2D eigenvalue weighted by molar-refractivity contribution is -0.244. The molecule has 110 valence electrons. The van der Waals surface area contributed by atoms with Crippen molar-refractivity contribution in [3.8, 4) is 0 Å². The molecule has 4 atom stereocenters. The van der Waals surface area contributed by atoms with Gasteiger partial charge in [0.05, 0.1) is 12.1 Å². The Kier molecular flexibility index (Phi) is 4.32. The Morgan fingerprint density at radius 3 is 2.79 bits per heavy atom. The van der Waals surface area contributed by atoms with E-state index in [0.29, 0.717) is 6.42 Å². The Bertz CT molecular complexity index is 364. The monoisotopic (exact) mass is 298 g/mol. The van der Waals surface area contributed by atoms with Crippen LogP contribution in [-0.4, -0.2) is 58.6 Å². The molecule has 2 heterocycles. The first-order chi connectivity index (χ1) is 8.82. The molecule has 0 aromatic carbocycles. The van der Waals surface area contributed by atoms with Gasteiger partial charge in [0.25, 0.3) is 0 Å². The number of fused-ring (bicyclic) bond motifs is 1. The van der Waals surface area contributed by atoms with Crippen molar-refractivity contribution in [3.63, 3.8) is 0 Å². The van der Waals surface area contributed by atoms with Gasteiger partial charge in [0.2, 0.25) is 0 Å². The van der Waals surface area contributed by atoms with E-state index in [1.165, 1.54) is 11.8 Å². The van der Waals surface area contributed by atoms with Crippen LogP contribution in [0.5, 0.6) is 0 Å². The van der Waals surface area contributed by atoms with Crippen molar-refractivity contribution in [2.24, 2.45) is 4.99 Å². The second kappa shape index (κ2) is 5.49. The number of rotatable bonds is 2. The number of hydrogen-bond donors (Lipinski definition) is 1. The summed E-state index contributed by atoms with van der Waals surface area (Å²) in [5, 5.41) is 10.0. The van der Waals surface area contributed by atoms with Gasteiger partial charge in [0.1, 0.15) is 5.44 Å². The van der Waals surface area contributed by atoms with E-state index in [-0.39, 0.29) is 12.5 Å². The van der Waals surface area contributed by atoms with Crippen LogP contribution in [0.3, 0.4) is 0 Å². The molecule has 0 spiro atoms. The minimum Gasteiger partial charge on any atom is -0.381 e. The summed E-state index contributed by atoms with van der Waals surface area (Å²) in [7, 11) is 1.88. The number of ether oxygens (including phenoxy) is 1. The second-order valence-corrected chi connectivity index (χ2v) is 5.78. The number of alkyl halides is 3. The number of nitrogens with zero attached hydrogens (tertiary/aromatic N) is 2. The number of hydrogen-bond acceptors (Lipinski definition) is 5. The van der Waals surface area contributed by atoms with E-state index in [1.54, 1.807) is 0 Å². The largest absolute Gasteiger partial charge is 0.416 e. The number of thioether (sulfide) groups is 1. The van der Waals surface area contributed by atoms with Gasteiger partial charge in [-0.2, -0.15) is 13.2 Å². The molecule has 4 nitrogen and oxygen atoms in total. The second-order valence-electron chi connectivity index (χ2n) is 4.72. The van der Waals surface area contributed by atoms with Crippen LogP contribution in [0.15, 0.2) is 4.99 Å². The summed E-state index contributed by atoms with van der Waals surface area (Å²) in [6.45, 7) is 2.75. The first kappa shape index (κ1) is 14.9. The molecule has 19 heavy (non-hydrogen) atoms. The highest BCUT2D eigenvalue weighted by molar-refractivity contribution is 8.14. The van der Waals surface area contributed by atoms with E-state index in [4.69, 9.17) is 4.74 Å². The van der Waals surface area contributed by atoms with Crippen LogP contribution in [-0.2, 0) is 4.74 Å². The standard InChI is InChI=1S/C11H17F3N2O2S/c1-3-16(2)10-15-6-4-5-7(18-9(6)19-10)8(17)11(12,13)14/h6-9,17H,3-5H2,1-2H3/t6-,7+,8-,9-/m1/s1. The molecule has 1 saturated heterocycles. The SMILES string of the molecule is CCN(C)C1=N[C@@H]2CC[C@@H]([C@@H](O)C(F)(F)F)O[C@@H]2S1. The topological polar surface area (TPSA) is 45.1 Å². The molecular weight excluding hydrogens is 281 g/mol. The van der Waals surface area contributed by atoms with E-state index >= 15 is 0 Å². The fourth-order valence-corrected chi connectivity index (χ4v) is 3.34. The molecule has 1 fully saturated rings. The number of aliphatic hydroxyl groups is 1. The zero-order chi connectivity index (χ0) is 14.2. The van der Waals surface area contributed by atoms with E-state index in [1.807, 2.05) is 18.9 Å². The molecular formula is C11H17F3N2O2S. The van der Waals surface area contributed by atoms with Crippen molar-refractivity contribution >= 4 is 16.9 Å². The normalized spacial score (nSPS) is 32.7. The zero-order valence-corrected chi connectivity index (χ0v) is 11.5. The van der Waals surface area contributed by atoms with Crippen LogP contribution < -0.4 is 0 Å². The molecule has 8 heteroatoms. The van der Waals surface area contributed by atoms with Crippen molar-refractivity contribution in [3.05, 3.63) is 0 Å². The summed E-state index contributed by atoms with van der Waals surface area (Å²) in [6.07, 6.45) is -7.55. The summed E-state index contributed by atoms with van der Waals surface area (Å²) in [6, 6.07) is -0.106. The van der Waals surface area contributed by atoms with Crippen molar-refractivity contribution in [2.75, 3.05) is 13.6 Å². The summed E-state index contributed by atoms with van der Waals surface area (Å²) >= 11 is 1.33. The van der Waals surface area contributed by atoms with E-state index in [9.17, 15) is 18.3 Å². The Labute approximate surface area is 114 Å². The molecule has 0 bridgehead atoms. The first-order valence-corrected chi connectivity index (χ1v) is 7.06. The Morgan fingerprint density at radius 1 is 1.53 bits per heavy atom. The van der Waals surface area contributed by atoms with Gasteiger partial charge < -0.3 is 14.7 Å². The lowest BCUT2D eigenvalue weighted by Gasteiger charge is -2.33. The molecule has 2 aliphatic rings. The summed E-state index contributed by atoms with van der Waals surface area (Å²) in [5.74, 6) is 0. The molecule has 0 aromatic heterocycles. The van der Waals surface area contributed by atoms with Gasteiger partial charge in [-0.25, -0.2) is 0 Å². The fraction of sp³-hybridized carbons (Fsp3) is 0.909. The number of halogens is 3. The zero-order valence-electron chi connectivity index (χ0n) is 10.7. The molecule has 2 rings (SSSR count). The van der Waals surface area contributed by atoms with Gasteiger partial charge in [0, 0.05) is 13.6 Å². The summed E-state index contributed by atoms with van der Waals surface area (Å²) in [5.41, 5.74) is -0.417. The summed E-state index contributed by atoms with van der Waals surface area (Å²) in [4.78, 5) is 6.39. The molecule has 0 aliphatic carbocycles. The van der Waals surface area contributed by atoms with E-state index in [2.05, 4.69) is 4.99 Å². The maximum Gasteiger partial charge on any atom is 0.416 e. The smallest absolute Gasteiger partial charge is 0.381 e. The molecule has 1 N–H and O–H groups in total.